The molecule has 4 nitrogen and oxygen atoms in total. The number of ether oxygens (including phenoxy) is 1. The van der Waals surface area contributed by atoms with Crippen molar-refractivity contribution in [3.8, 4) is 5.75 Å². The third-order valence-electron chi connectivity index (χ3n) is 7.17. The van der Waals surface area contributed by atoms with E-state index < -0.39 is 0 Å². The second-order valence-electron chi connectivity index (χ2n) is 8.44. The van der Waals surface area contributed by atoms with E-state index in [1.807, 2.05) is 6.07 Å². The van der Waals surface area contributed by atoms with Crippen molar-refractivity contribution in [2.45, 2.75) is 75.9 Å². The van der Waals surface area contributed by atoms with Crippen molar-refractivity contribution in [1.82, 2.24) is 0 Å². The van der Waals surface area contributed by atoms with Crippen LogP contribution in [0, 0.1) is 5.41 Å². The molecule has 0 bridgehead atoms. The van der Waals surface area contributed by atoms with Crippen LogP contribution >= 0.6 is 0 Å². The van der Waals surface area contributed by atoms with E-state index in [0.29, 0.717) is 18.3 Å². The van der Waals surface area contributed by atoms with Gasteiger partial charge in [-0.3, -0.25) is 0 Å². The van der Waals surface area contributed by atoms with Gasteiger partial charge in [0.05, 0.1) is 12.7 Å². The number of aromatic hydroxyl groups is 1. The third-order valence-corrected chi connectivity index (χ3v) is 7.17. The van der Waals surface area contributed by atoms with Gasteiger partial charge in [-0.15, -0.1) is 0 Å². The molecule has 0 amide bonds. The second-order valence-corrected chi connectivity index (χ2v) is 8.44. The average molecular weight is 347 g/mol. The zero-order valence-electron chi connectivity index (χ0n) is 15.8. The Bertz CT molecular complexity index is 619. The van der Waals surface area contributed by atoms with Gasteiger partial charge in [0.25, 0.3) is 0 Å². The molecular formula is C21H33NO3. The number of aliphatic hydroxyl groups is 1. The number of aliphatic hydroxyl groups excluding tert-OH is 1. The minimum absolute atomic E-state index is 0.169. The molecule has 2 saturated carbocycles. The maximum absolute atomic E-state index is 10.5. The van der Waals surface area contributed by atoms with Gasteiger partial charge < -0.3 is 20.7 Å². The Morgan fingerprint density at radius 2 is 2.08 bits per heavy atom. The molecule has 140 valence electrons. The molecule has 1 aromatic rings. The fourth-order valence-electron chi connectivity index (χ4n) is 5.28. The van der Waals surface area contributed by atoms with E-state index in [9.17, 15) is 10.2 Å². The quantitative estimate of drug-likeness (QED) is 0.760. The van der Waals surface area contributed by atoms with E-state index in [1.54, 1.807) is 13.2 Å². The Morgan fingerprint density at radius 3 is 2.76 bits per heavy atom. The molecule has 5 atom stereocenters. The Kier molecular flexibility index (Phi) is 5.16. The maximum Gasteiger partial charge on any atom is 0.115 e. The maximum atomic E-state index is 10.5. The monoisotopic (exact) mass is 347 g/mol. The summed E-state index contributed by atoms with van der Waals surface area (Å²) < 4.78 is 5.41. The fourth-order valence-corrected chi connectivity index (χ4v) is 5.28. The number of phenolic OH excluding ortho intramolecular Hbond substituents is 1. The van der Waals surface area contributed by atoms with Crippen LogP contribution in [-0.4, -0.2) is 35.6 Å². The molecule has 0 radical (unpaired) electrons. The molecule has 1 unspecified atom stereocenters. The summed E-state index contributed by atoms with van der Waals surface area (Å²) in [4.78, 5) is 0. The Morgan fingerprint density at radius 1 is 1.32 bits per heavy atom. The van der Waals surface area contributed by atoms with E-state index in [2.05, 4.69) is 19.9 Å². The lowest BCUT2D eigenvalue weighted by Gasteiger charge is -2.49. The van der Waals surface area contributed by atoms with Crippen molar-refractivity contribution in [1.29, 1.82) is 0 Å². The third kappa shape index (κ3) is 3.09. The number of fused-ring (bicyclic) bond motifs is 1. The summed E-state index contributed by atoms with van der Waals surface area (Å²) in [6.45, 7) is 4.98. The summed E-state index contributed by atoms with van der Waals surface area (Å²) in [5.41, 5.74) is 8.86. The highest BCUT2D eigenvalue weighted by atomic mass is 16.5. The van der Waals surface area contributed by atoms with E-state index in [1.165, 1.54) is 11.1 Å². The van der Waals surface area contributed by atoms with Crippen LogP contribution < -0.4 is 5.73 Å². The van der Waals surface area contributed by atoms with Crippen molar-refractivity contribution in [3.05, 3.63) is 29.3 Å². The molecule has 0 aromatic heterocycles. The van der Waals surface area contributed by atoms with Crippen molar-refractivity contribution < 1.29 is 14.9 Å². The molecule has 0 aliphatic heterocycles. The molecule has 0 heterocycles. The lowest BCUT2D eigenvalue weighted by Crippen LogP contribution is -2.57. The summed E-state index contributed by atoms with van der Waals surface area (Å²) in [5.74, 6) is 0.973. The van der Waals surface area contributed by atoms with Crippen LogP contribution in [0.4, 0.5) is 0 Å². The van der Waals surface area contributed by atoms with Crippen molar-refractivity contribution in [3.63, 3.8) is 0 Å². The summed E-state index contributed by atoms with van der Waals surface area (Å²) in [5, 5.41) is 20.5. The summed E-state index contributed by atoms with van der Waals surface area (Å²) in [6.07, 6.45) is 5.29. The summed E-state index contributed by atoms with van der Waals surface area (Å²) in [7, 11) is 1.73. The predicted molar refractivity (Wildman–Crippen MR) is 99.9 cm³/mol. The molecule has 0 saturated heterocycles. The largest absolute Gasteiger partial charge is 0.508 e. The first-order chi connectivity index (χ1) is 11.8. The van der Waals surface area contributed by atoms with E-state index >= 15 is 0 Å². The molecule has 4 N–H and O–H groups in total. The highest BCUT2D eigenvalue weighted by Gasteiger charge is 2.57. The second kappa shape index (κ2) is 6.90. The lowest BCUT2D eigenvalue weighted by molar-refractivity contribution is -0.00604. The van der Waals surface area contributed by atoms with Crippen LogP contribution in [0.1, 0.15) is 75.3 Å². The number of hydrogen-bond acceptors (Lipinski definition) is 4. The normalized spacial score (nSPS) is 36.2. The zero-order valence-corrected chi connectivity index (χ0v) is 15.8. The standard InChI is InChI=1S/C21H33NO3/c1-4-14(13-25-3)18-11-16(23)5-6-17(18)15-7-9-20(2)19(24)8-10-21(20,22)12-15/h5-6,11,14-15,19,23-24H,4,7-10,12-13,22H2,1-3H3/t14-,15+,19?,20-,21-/m1/s1. The smallest absolute Gasteiger partial charge is 0.115 e. The summed E-state index contributed by atoms with van der Waals surface area (Å²) >= 11 is 0. The van der Waals surface area contributed by atoms with Gasteiger partial charge >= 0.3 is 0 Å². The summed E-state index contributed by atoms with van der Waals surface area (Å²) in [6, 6.07) is 5.77. The molecule has 25 heavy (non-hydrogen) atoms. The van der Waals surface area contributed by atoms with Crippen LogP contribution in [0.25, 0.3) is 0 Å². The zero-order chi connectivity index (χ0) is 18.2. The number of rotatable bonds is 5. The predicted octanol–water partition coefficient (Wildman–Crippen LogP) is 3.66. The number of phenols is 1. The molecule has 4 heteroatoms. The van der Waals surface area contributed by atoms with Gasteiger partial charge in [-0.1, -0.05) is 19.9 Å². The molecular weight excluding hydrogens is 314 g/mol. The van der Waals surface area contributed by atoms with Gasteiger partial charge in [0, 0.05) is 24.0 Å². The number of benzene rings is 1. The molecule has 0 spiro atoms. The first-order valence-electron chi connectivity index (χ1n) is 9.63. The number of hydrogen-bond donors (Lipinski definition) is 3. The first kappa shape index (κ1) is 18.7. The molecule has 2 aliphatic rings. The first-order valence-corrected chi connectivity index (χ1v) is 9.63. The van der Waals surface area contributed by atoms with Crippen molar-refractivity contribution >= 4 is 0 Å². The minimum atomic E-state index is -0.298. The number of nitrogens with two attached hydrogens (primary N) is 1. The molecule has 2 fully saturated rings. The lowest BCUT2D eigenvalue weighted by atomic mass is 9.59. The van der Waals surface area contributed by atoms with Crippen LogP contribution in [0.2, 0.25) is 0 Å². The molecule has 2 aliphatic carbocycles. The van der Waals surface area contributed by atoms with Crippen molar-refractivity contribution in [2.24, 2.45) is 11.1 Å². The van der Waals surface area contributed by atoms with E-state index in [4.69, 9.17) is 10.5 Å². The van der Waals surface area contributed by atoms with Crippen LogP contribution in [-0.2, 0) is 4.74 Å². The van der Waals surface area contributed by atoms with Crippen LogP contribution in [0.5, 0.6) is 5.75 Å². The fraction of sp³-hybridized carbons (Fsp3) is 0.714. The average Bonchev–Trinajstić information content (AvgIpc) is 2.83. The van der Waals surface area contributed by atoms with Crippen LogP contribution in [0.15, 0.2) is 18.2 Å². The highest BCUT2D eigenvalue weighted by Crippen LogP contribution is 2.57. The van der Waals surface area contributed by atoms with Gasteiger partial charge in [0.1, 0.15) is 5.75 Å². The van der Waals surface area contributed by atoms with Gasteiger partial charge in [-0.05, 0) is 67.7 Å². The van der Waals surface area contributed by atoms with Gasteiger partial charge in [-0.2, -0.15) is 0 Å². The van der Waals surface area contributed by atoms with E-state index in [0.717, 1.165) is 38.5 Å². The molecule has 3 rings (SSSR count). The van der Waals surface area contributed by atoms with E-state index in [-0.39, 0.29) is 23.0 Å². The van der Waals surface area contributed by atoms with Crippen molar-refractivity contribution in [2.75, 3.05) is 13.7 Å². The Balaban J connectivity index is 1.93. The van der Waals surface area contributed by atoms with Gasteiger partial charge in [0.15, 0.2) is 0 Å². The molecule has 1 aromatic carbocycles. The number of methoxy groups -OCH3 is 1. The minimum Gasteiger partial charge on any atom is -0.508 e. The SMILES string of the molecule is CC[C@H](COC)c1cc(O)ccc1[C@H]1CC[C@]2(C)C(O)CC[C@@]2(N)C1. The van der Waals surface area contributed by atoms with Gasteiger partial charge in [0.2, 0.25) is 0 Å². The highest BCUT2D eigenvalue weighted by molar-refractivity contribution is 5.40. The van der Waals surface area contributed by atoms with Gasteiger partial charge in [-0.25, -0.2) is 0 Å². The van der Waals surface area contributed by atoms with Crippen LogP contribution in [0.3, 0.4) is 0 Å². The Labute approximate surface area is 151 Å². The Hall–Kier alpha value is -1.10. The topological polar surface area (TPSA) is 75.7 Å².